The lowest BCUT2D eigenvalue weighted by atomic mass is 10.1. The van der Waals surface area contributed by atoms with Crippen LogP contribution < -0.4 is 10.6 Å². The Morgan fingerprint density at radius 1 is 1.23 bits per heavy atom. The molecule has 2 atom stereocenters. The lowest BCUT2D eigenvalue weighted by Crippen LogP contribution is -2.51. The average Bonchev–Trinajstić information content (AvgIpc) is 3.25. The molecule has 2 unspecified atom stereocenters. The number of thiophene rings is 1. The van der Waals surface area contributed by atoms with Crippen molar-refractivity contribution in [2.45, 2.75) is 25.6 Å². The number of halogens is 2. The van der Waals surface area contributed by atoms with Gasteiger partial charge in [-0.2, -0.15) is 0 Å². The first-order valence-electron chi connectivity index (χ1n) is 9.75. The van der Waals surface area contributed by atoms with Crippen LogP contribution in [0.25, 0.3) is 0 Å². The fourth-order valence-electron chi connectivity index (χ4n) is 3.30. The lowest BCUT2D eigenvalue weighted by Gasteiger charge is -2.38. The summed E-state index contributed by atoms with van der Waals surface area (Å²) in [5.74, 6) is 0.517. The van der Waals surface area contributed by atoms with Crippen LogP contribution in [0.2, 0.25) is 0 Å². The fourth-order valence-corrected chi connectivity index (χ4v) is 3.94. The van der Waals surface area contributed by atoms with Crippen molar-refractivity contribution in [3.05, 3.63) is 58.0 Å². The predicted molar refractivity (Wildman–Crippen MR) is 129 cm³/mol. The molecule has 30 heavy (non-hydrogen) atoms. The van der Waals surface area contributed by atoms with Crippen LogP contribution in [0.15, 0.2) is 46.8 Å². The number of benzene rings is 1. The summed E-state index contributed by atoms with van der Waals surface area (Å²) >= 11 is 1.44. The summed E-state index contributed by atoms with van der Waals surface area (Å²) in [6, 6.07) is 10.1. The number of aliphatic imine (C=N–C) groups is 1. The van der Waals surface area contributed by atoms with E-state index in [0.29, 0.717) is 19.6 Å². The van der Waals surface area contributed by atoms with E-state index in [1.54, 1.807) is 19.2 Å². The molecule has 1 fully saturated rings. The summed E-state index contributed by atoms with van der Waals surface area (Å²) in [6.45, 7) is 4.69. The molecule has 6 nitrogen and oxygen atoms in total. The number of ether oxygens (including phenoxy) is 1. The molecule has 1 saturated heterocycles. The van der Waals surface area contributed by atoms with E-state index in [9.17, 15) is 9.18 Å². The van der Waals surface area contributed by atoms with E-state index in [1.807, 2.05) is 24.4 Å². The van der Waals surface area contributed by atoms with Crippen LogP contribution in [0.1, 0.15) is 34.7 Å². The predicted octanol–water partition coefficient (Wildman–Crippen LogP) is 3.66. The molecule has 1 aliphatic rings. The minimum atomic E-state index is -0.252. The first-order chi connectivity index (χ1) is 14.1. The van der Waals surface area contributed by atoms with Crippen LogP contribution in [-0.2, 0) is 4.74 Å². The molecule has 2 N–H and O–H groups in total. The van der Waals surface area contributed by atoms with Crippen LogP contribution in [0.5, 0.6) is 0 Å². The number of hydrogen-bond donors (Lipinski definition) is 2. The van der Waals surface area contributed by atoms with Crippen molar-refractivity contribution in [2.75, 3.05) is 33.2 Å². The Morgan fingerprint density at radius 2 is 1.97 bits per heavy atom. The molecule has 0 radical (unpaired) electrons. The highest BCUT2D eigenvalue weighted by Gasteiger charge is 2.28. The van der Waals surface area contributed by atoms with E-state index < -0.39 is 0 Å². The molecule has 1 aromatic heterocycles. The molecule has 0 saturated carbocycles. The molecule has 1 amide bonds. The number of carbonyl (C=O) groups excluding carboxylic acids is 1. The molecule has 9 heteroatoms. The number of amides is 1. The largest absolute Gasteiger partial charge is 0.367 e. The summed E-state index contributed by atoms with van der Waals surface area (Å²) in [6.07, 6.45) is 0.683. The van der Waals surface area contributed by atoms with Crippen LogP contribution in [-0.4, -0.2) is 56.1 Å². The van der Waals surface area contributed by atoms with Gasteiger partial charge in [-0.15, -0.1) is 35.3 Å². The zero-order valence-electron chi connectivity index (χ0n) is 17.1. The molecule has 164 valence electrons. The highest BCUT2D eigenvalue weighted by molar-refractivity contribution is 14.0. The van der Waals surface area contributed by atoms with Gasteiger partial charge >= 0.3 is 0 Å². The van der Waals surface area contributed by atoms with E-state index in [1.165, 1.54) is 23.5 Å². The number of nitrogens with one attached hydrogen (secondary N) is 2. The van der Waals surface area contributed by atoms with E-state index in [4.69, 9.17) is 4.74 Å². The first kappa shape index (κ1) is 24.5. The quantitative estimate of drug-likeness (QED) is 0.251. The van der Waals surface area contributed by atoms with Crippen molar-refractivity contribution in [1.82, 2.24) is 15.5 Å². The third kappa shape index (κ3) is 6.92. The van der Waals surface area contributed by atoms with Crippen molar-refractivity contribution in [3.8, 4) is 0 Å². The molecule has 1 aromatic carbocycles. The third-order valence-electron chi connectivity index (χ3n) is 4.68. The Balaban J connectivity index is 0.00000320. The number of rotatable bonds is 6. The zero-order valence-corrected chi connectivity index (χ0v) is 20.3. The highest BCUT2D eigenvalue weighted by atomic mass is 127. The number of nitrogens with zero attached hydrogens (tertiary/aromatic N) is 2. The standard InChI is InChI=1S/C21H27FN4O2S.HI/c1-15-13-26(14-18(28-15)16-6-8-17(22)9-7-16)21(23-2)25-11-4-10-24-20(27)19-5-3-12-29-19;/h3,5-9,12,15,18H,4,10-11,13-14H2,1-2H3,(H,23,25)(H,24,27);1H. The van der Waals surface area contributed by atoms with Gasteiger partial charge in [-0.25, -0.2) is 4.39 Å². The highest BCUT2D eigenvalue weighted by Crippen LogP contribution is 2.25. The first-order valence-corrected chi connectivity index (χ1v) is 10.6. The van der Waals surface area contributed by atoms with Crippen LogP contribution in [0.4, 0.5) is 4.39 Å². The Kier molecular flexibility index (Phi) is 9.99. The molecule has 3 rings (SSSR count). The van der Waals surface area contributed by atoms with E-state index >= 15 is 0 Å². The van der Waals surface area contributed by atoms with Crippen LogP contribution in [0, 0.1) is 5.82 Å². The van der Waals surface area contributed by atoms with Gasteiger partial charge in [0, 0.05) is 26.7 Å². The fraction of sp³-hybridized carbons (Fsp3) is 0.429. The molecule has 0 spiro atoms. The smallest absolute Gasteiger partial charge is 0.261 e. The van der Waals surface area contributed by atoms with Crippen molar-refractivity contribution in [1.29, 1.82) is 0 Å². The maximum atomic E-state index is 13.2. The monoisotopic (exact) mass is 546 g/mol. The Hall–Kier alpha value is -1.72. The second kappa shape index (κ2) is 12.2. The summed E-state index contributed by atoms with van der Waals surface area (Å²) in [7, 11) is 1.76. The minimum Gasteiger partial charge on any atom is -0.367 e. The van der Waals surface area contributed by atoms with Gasteiger partial charge in [0.1, 0.15) is 11.9 Å². The molecular weight excluding hydrogens is 518 g/mol. The third-order valence-corrected chi connectivity index (χ3v) is 5.55. The van der Waals surface area contributed by atoms with Crippen molar-refractivity contribution in [2.24, 2.45) is 4.99 Å². The number of carbonyl (C=O) groups is 1. The Bertz CT molecular complexity index is 817. The van der Waals surface area contributed by atoms with Gasteiger partial charge in [0.15, 0.2) is 5.96 Å². The van der Waals surface area contributed by atoms with E-state index in [-0.39, 0.29) is 47.9 Å². The molecule has 0 aliphatic carbocycles. The average molecular weight is 546 g/mol. The van der Waals surface area contributed by atoms with Gasteiger partial charge in [0.2, 0.25) is 0 Å². The summed E-state index contributed by atoms with van der Waals surface area (Å²) in [5.41, 5.74) is 0.953. The second-order valence-corrected chi connectivity index (χ2v) is 7.90. The molecular formula is C21H28FIN4O2S. The molecule has 1 aliphatic heterocycles. The van der Waals surface area contributed by atoms with Gasteiger partial charge in [-0.3, -0.25) is 9.79 Å². The second-order valence-electron chi connectivity index (χ2n) is 6.95. The van der Waals surface area contributed by atoms with Gasteiger partial charge in [-0.1, -0.05) is 18.2 Å². The minimum absolute atomic E-state index is 0. The van der Waals surface area contributed by atoms with E-state index in [0.717, 1.165) is 29.4 Å². The molecule has 0 bridgehead atoms. The van der Waals surface area contributed by atoms with Crippen molar-refractivity contribution in [3.63, 3.8) is 0 Å². The SMILES string of the molecule is CN=C(NCCCNC(=O)c1cccs1)N1CC(C)OC(c2ccc(F)cc2)C1.I. The zero-order chi connectivity index (χ0) is 20.6. The molecule has 2 heterocycles. The Labute approximate surface area is 197 Å². The lowest BCUT2D eigenvalue weighted by molar-refractivity contribution is -0.0605. The van der Waals surface area contributed by atoms with Gasteiger partial charge < -0.3 is 20.3 Å². The summed E-state index contributed by atoms with van der Waals surface area (Å²) in [4.78, 5) is 19.2. The maximum Gasteiger partial charge on any atom is 0.261 e. The van der Waals surface area contributed by atoms with Crippen LogP contribution in [0.3, 0.4) is 0 Å². The molecule has 2 aromatic rings. The maximum absolute atomic E-state index is 13.2. The number of hydrogen-bond acceptors (Lipinski definition) is 4. The van der Waals surface area contributed by atoms with Crippen LogP contribution >= 0.6 is 35.3 Å². The van der Waals surface area contributed by atoms with Crippen molar-refractivity contribution < 1.29 is 13.9 Å². The van der Waals surface area contributed by atoms with Crippen molar-refractivity contribution >= 4 is 47.2 Å². The number of guanidine groups is 1. The van der Waals surface area contributed by atoms with Gasteiger partial charge in [0.05, 0.1) is 17.5 Å². The summed E-state index contributed by atoms with van der Waals surface area (Å²) < 4.78 is 19.3. The normalized spacial score (nSPS) is 19.2. The number of morpholine rings is 1. The summed E-state index contributed by atoms with van der Waals surface area (Å²) in [5, 5.41) is 8.18. The van der Waals surface area contributed by atoms with E-state index in [2.05, 4.69) is 20.5 Å². The van der Waals surface area contributed by atoms with Gasteiger partial charge in [-0.05, 0) is 42.5 Å². The topological polar surface area (TPSA) is 66.0 Å². The Morgan fingerprint density at radius 3 is 2.63 bits per heavy atom. The van der Waals surface area contributed by atoms with Gasteiger partial charge in [0.25, 0.3) is 5.91 Å².